The van der Waals surface area contributed by atoms with Crippen LogP contribution in [0.3, 0.4) is 0 Å². The van der Waals surface area contributed by atoms with Crippen LogP contribution in [0.2, 0.25) is 0 Å². The van der Waals surface area contributed by atoms with E-state index in [1.165, 1.54) is 10.9 Å². The second-order valence-electron chi connectivity index (χ2n) is 8.28. The molecule has 0 bridgehead atoms. The van der Waals surface area contributed by atoms with Gasteiger partial charge in [-0.05, 0) is 44.9 Å². The Kier molecular flexibility index (Phi) is 6.35. The number of nitrogens with zero attached hydrogens (tertiary/aromatic N) is 5. The molecule has 1 amide bonds. The number of pyridine rings is 1. The summed E-state index contributed by atoms with van der Waals surface area (Å²) >= 11 is 0. The highest BCUT2D eigenvalue weighted by Gasteiger charge is 2.32. The number of benzene rings is 1. The Morgan fingerprint density at radius 2 is 1.91 bits per heavy atom. The fourth-order valence-corrected chi connectivity index (χ4v) is 3.93. The molecule has 10 heteroatoms. The number of aryl methyl sites for hydroxylation is 1. The zero-order chi connectivity index (χ0) is 23.6. The first-order valence-electron chi connectivity index (χ1n) is 10.7. The molecular weight excluding hydrogens is 435 g/mol. The summed E-state index contributed by atoms with van der Waals surface area (Å²) in [5.41, 5.74) is 1.25. The Labute approximate surface area is 189 Å². The van der Waals surface area contributed by atoms with E-state index in [2.05, 4.69) is 15.2 Å². The van der Waals surface area contributed by atoms with Crippen molar-refractivity contribution in [2.24, 2.45) is 5.92 Å². The number of alkyl halides is 3. The van der Waals surface area contributed by atoms with E-state index in [1.54, 1.807) is 12.4 Å². The molecule has 0 unspecified atom stereocenters. The number of amides is 1. The number of carbonyl (C=O) groups excluding carboxylic acids is 1. The van der Waals surface area contributed by atoms with Gasteiger partial charge in [-0.15, -0.1) is 0 Å². The topological polar surface area (TPSA) is 73.1 Å². The van der Waals surface area contributed by atoms with Crippen molar-refractivity contribution in [3.05, 3.63) is 65.6 Å². The maximum absolute atomic E-state index is 13.5. The predicted molar refractivity (Wildman–Crippen MR) is 114 cm³/mol. The van der Waals surface area contributed by atoms with Gasteiger partial charge in [0.05, 0.1) is 35.8 Å². The summed E-state index contributed by atoms with van der Waals surface area (Å²) in [6, 6.07) is 7.77. The molecule has 2 atom stereocenters. The first-order valence-corrected chi connectivity index (χ1v) is 10.7. The quantitative estimate of drug-likeness (QED) is 0.569. The molecule has 0 radical (unpaired) electrons. The van der Waals surface area contributed by atoms with E-state index in [-0.39, 0.29) is 30.4 Å². The van der Waals surface area contributed by atoms with Crippen molar-refractivity contribution >= 4 is 5.91 Å². The molecule has 1 aliphatic heterocycles. The molecule has 4 rings (SSSR count). The Hall–Kier alpha value is -3.43. The molecule has 1 saturated heterocycles. The number of hydrogen-bond donors (Lipinski definition) is 0. The zero-order valence-electron chi connectivity index (χ0n) is 18.3. The molecule has 2 aromatic heterocycles. The maximum atomic E-state index is 13.5. The van der Waals surface area contributed by atoms with Crippen LogP contribution in [0.25, 0.3) is 5.69 Å². The number of aromatic nitrogens is 4. The number of likely N-dealkylation sites (tertiary alicyclic amines) is 1. The lowest BCUT2D eigenvalue weighted by Crippen LogP contribution is -2.47. The second-order valence-corrected chi connectivity index (χ2v) is 8.28. The first kappa shape index (κ1) is 22.8. The van der Waals surface area contributed by atoms with Crippen LogP contribution in [0.5, 0.6) is 5.88 Å². The third-order valence-corrected chi connectivity index (χ3v) is 5.79. The van der Waals surface area contributed by atoms with E-state index in [0.29, 0.717) is 17.8 Å². The van der Waals surface area contributed by atoms with Crippen LogP contribution in [0.15, 0.2) is 48.9 Å². The van der Waals surface area contributed by atoms with Gasteiger partial charge in [0, 0.05) is 30.8 Å². The summed E-state index contributed by atoms with van der Waals surface area (Å²) in [5, 5.41) is 8.32. The number of carbonyl (C=O) groups is 1. The molecule has 3 aromatic rings. The lowest BCUT2D eigenvalue weighted by Gasteiger charge is -2.38. The number of ether oxygens (including phenoxy) is 1. The van der Waals surface area contributed by atoms with Crippen molar-refractivity contribution in [2.75, 3.05) is 13.2 Å². The van der Waals surface area contributed by atoms with Crippen molar-refractivity contribution in [1.29, 1.82) is 0 Å². The molecule has 0 N–H and O–H groups in total. The van der Waals surface area contributed by atoms with E-state index < -0.39 is 11.7 Å². The smallest absolute Gasteiger partial charge is 0.417 e. The monoisotopic (exact) mass is 459 g/mol. The fourth-order valence-electron chi connectivity index (χ4n) is 3.93. The third-order valence-electron chi connectivity index (χ3n) is 5.79. The minimum atomic E-state index is -4.44. The average Bonchev–Trinajstić information content (AvgIpc) is 3.32. The van der Waals surface area contributed by atoms with Gasteiger partial charge < -0.3 is 9.64 Å². The summed E-state index contributed by atoms with van der Waals surface area (Å²) in [6.07, 6.45) is 1.07. The summed E-state index contributed by atoms with van der Waals surface area (Å²) in [5.74, 6) is 0.0476. The summed E-state index contributed by atoms with van der Waals surface area (Å²) in [7, 11) is 0. The van der Waals surface area contributed by atoms with Gasteiger partial charge in [0.1, 0.15) is 0 Å². The maximum Gasteiger partial charge on any atom is 0.417 e. The highest BCUT2D eigenvalue weighted by molar-refractivity contribution is 5.98. The van der Waals surface area contributed by atoms with Crippen molar-refractivity contribution in [2.45, 2.75) is 38.9 Å². The van der Waals surface area contributed by atoms with Gasteiger partial charge >= 0.3 is 6.18 Å². The van der Waals surface area contributed by atoms with Crippen LogP contribution in [-0.2, 0) is 6.18 Å². The molecule has 1 aliphatic rings. The first-order chi connectivity index (χ1) is 15.7. The largest absolute Gasteiger partial charge is 0.477 e. The number of rotatable bonds is 5. The van der Waals surface area contributed by atoms with E-state index in [0.717, 1.165) is 30.7 Å². The zero-order valence-corrected chi connectivity index (χ0v) is 18.3. The van der Waals surface area contributed by atoms with Crippen LogP contribution in [0.4, 0.5) is 13.2 Å². The average molecular weight is 459 g/mol. The van der Waals surface area contributed by atoms with Gasteiger partial charge in [-0.1, -0.05) is 11.6 Å². The number of hydrogen-bond acceptors (Lipinski definition) is 5. The molecule has 33 heavy (non-hydrogen) atoms. The van der Waals surface area contributed by atoms with Gasteiger partial charge in [-0.3, -0.25) is 4.79 Å². The van der Waals surface area contributed by atoms with E-state index in [1.807, 2.05) is 36.9 Å². The van der Waals surface area contributed by atoms with Crippen molar-refractivity contribution in [3.8, 4) is 11.6 Å². The van der Waals surface area contributed by atoms with Crippen LogP contribution in [0.1, 0.15) is 41.3 Å². The highest BCUT2D eigenvalue weighted by atomic mass is 19.4. The van der Waals surface area contributed by atoms with Gasteiger partial charge in [-0.2, -0.15) is 28.2 Å². The van der Waals surface area contributed by atoms with Crippen LogP contribution in [0, 0.1) is 12.8 Å². The van der Waals surface area contributed by atoms with E-state index in [4.69, 9.17) is 4.74 Å². The van der Waals surface area contributed by atoms with Crippen LogP contribution in [-0.4, -0.2) is 50.0 Å². The lowest BCUT2D eigenvalue weighted by atomic mass is 9.93. The minimum Gasteiger partial charge on any atom is -0.477 e. The van der Waals surface area contributed by atoms with Crippen LogP contribution >= 0.6 is 0 Å². The van der Waals surface area contributed by atoms with E-state index in [9.17, 15) is 18.0 Å². The Morgan fingerprint density at radius 3 is 2.58 bits per heavy atom. The summed E-state index contributed by atoms with van der Waals surface area (Å²) in [4.78, 5) is 20.5. The molecule has 1 fully saturated rings. The van der Waals surface area contributed by atoms with Crippen molar-refractivity contribution in [1.82, 2.24) is 24.9 Å². The van der Waals surface area contributed by atoms with Crippen LogP contribution < -0.4 is 4.74 Å². The van der Waals surface area contributed by atoms with Gasteiger partial charge in [0.2, 0.25) is 5.88 Å². The summed E-state index contributed by atoms with van der Waals surface area (Å²) in [6.45, 7) is 4.66. The number of halogens is 3. The minimum absolute atomic E-state index is 0.0327. The Morgan fingerprint density at radius 1 is 1.15 bits per heavy atom. The standard InChI is InChI=1S/C23H24F3N5O2/c1-15-3-7-20(31-28-9-10-29-31)19(11-15)22(32)30-13-17(5-4-16(30)2)14-33-21-8-6-18(12-27-21)23(24,25)26/h3,6-12,16-17H,4-5,13-14H2,1-2H3/t16-,17-/m1/s1. The third kappa shape index (κ3) is 5.15. The SMILES string of the molecule is Cc1ccc(-n2nccn2)c(C(=O)N2C[C@H](COc3ccc(C(F)(F)F)cn3)CC[C@H]2C)c1. The molecule has 174 valence electrons. The molecule has 0 aliphatic carbocycles. The summed E-state index contributed by atoms with van der Waals surface area (Å²) < 4.78 is 43.8. The highest BCUT2D eigenvalue weighted by Crippen LogP contribution is 2.30. The molecule has 0 spiro atoms. The normalized spacial score (nSPS) is 18.9. The Balaban J connectivity index is 1.46. The van der Waals surface area contributed by atoms with Crippen molar-refractivity contribution in [3.63, 3.8) is 0 Å². The fraction of sp³-hybridized carbons (Fsp3) is 0.391. The Bertz CT molecular complexity index is 1100. The molecule has 3 heterocycles. The van der Waals surface area contributed by atoms with Gasteiger partial charge in [0.25, 0.3) is 5.91 Å². The second kappa shape index (κ2) is 9.21. The molecule has 7 nitrogen and oxygen atoms in total. The number of piperidine rings is 1. The predicted octanol–water partition coefficient (Wildman–Crippen LogP) is 4.31. The lowest BCUT2D eigenvalue weighted by molar-refractivity contribution is -0.137. The molecular formula is C23H24F3N5O2. The van der Waals surface area contributed by atoms with Gasteiger partial charge in [0.15, 0.2) is 0 Å². The van der Waals surface area contributed by atoms with Gasteiger partial charge in [-0.25, -0.2) is 4.98 Å². The van der Waals surface area contributed by atoms with Crippen molar-refractivity contribution < 1.29 is 22.7 Å². The van der Waals surface area contributed by atoms with E-state index >= 15 is 0 Å². The molecule has 0 saturated carbocycles. The molecule has 1 aromatic carbocycles.